The SMILES string of the molecule is C=C/N=C(\c1cc[nH]c1C)C1CC[C@H](C(=O)N[C@@H](C)[C@@H](O)c2ccc(C)c(C)c2)C2(CC1)CC2. The summed E-state index contributed by atoms with van der Waals surface area (Å²) in [5.74, 6) is 0.402. The van der Waals surface area contributed by atoms with Gasteiger partial charge in [-0.15, -0.1) is 0 Å². The Kier molecular flexibility index (Phi) is 7.13. The van der Waals surface area contributed by atoms with E-state index in [4.69, 9.17) is 0 Å². The number of aliphatic imine (C=N–C) groups is 1. The molecule has 0 aliphatic heterocycles. The summed E-state index contributed by atoms with van der Waals surface area (Å²) in [6.45, 7) is 11.9. The number of aromatic nitrogens is 1. The number of aliphatic hydroxyl groups excluding tert-OH is 1. The Labute approximate surface area is 203 Å². The van der Waals surface area contributed by atoms with Crippen LogP contribution in [-0.4, -0.2) is 27.8 Å². The minimum absolute atomic E-state index is 0.00999. The maximum Gasteiger partial charge on any atom is 0.223 e. The molecule has 1 aromatic carbocycles. The lowest BCUT2D eigenvalue weighted by Gasteiger charge is -2.28. The van der Waals surface area contributed by atoms with Gasteiger partial charge < -0.3 is 15.4 Å². The van der Waals surface area contributed by atoms with Crippen LogP contribution in [0.1, 0.15) is 79.5 Å². The summed E-state index contributed by atoms with van der Waals surface area (Å²) in [5.41, 5.74) is 6.67. The van der Waals surface area contributed by atoms with Gasteiger partial charge in [0.05, 0.1) is 17.9 Å². The quantitative estimate of drug-likeness (QED) is 0.463. The minimum Gasteiger partial charge on any atom is -0.386 e. The largest absolute Gasteiger partial charge is 0.386 e. The van der Waals surface area contributed by atoms with E-state index >= 15 is 0 Å². The van der Waals surface area contributed by atoms with Crippen LogP contribution in [0.3, 0.4) is 0 Å². The lowest BCUT2D eigenvalue weighted by atomic mass is 9.83. The lowest BCUT2D eigenvalue weighted by molar-refractivity contribution is -0.129. The van der Waals surface area contributed by atoms with Crippen molar-refractivity contribution in [1.29, 1.82) is 0 Å². The number of nitrogens with one attached hydrogen (secondary N) is 2. The van der Waals surface area contributed by atoms with Crippen molar-refractivity contribution in [2.24, 2.45) is 22.2 Å². The second-order valence-corrected chi connectivity index (χ2v) is 10.5. The maximum absolute atomic E-state index is 13.5. The summed E-state index contributed by atoms with van der Waals surface area (Å²) in [6, 6.07) is 7.75. The molecular formula is C29H39N3O2. The number of benzene rings is 1. The number of carbonyl (C=O) groups is 1. The highest BCUT2D eigenvalue weighted by Crippen LogP contribution is 2.59. The Bertz CT molecular complexity index is 1080. The van der Waals surface area contributed by atoms with Crippen molar-refractivity contribution in [1.82, 2.24) is 10.3 Å². The van der Waals surface area contributed by atoms with Crippen molar-refractivity contribution >= 4 is 11.6 Å². The molecule has 2 aliphatic carbocycles. The highest BCUT2D eigenvalue weighted by atomic mass is 16.3. The van der Waals surface area contributed by atoms with Gasteiger partial charge >= 0.3 is 0 Å². The van der Waals surface area contributed by atoms with Crippen molar-refractivity contribution in [3.63, 3.8) is 0 Å². The van der Waals surface area contributed by atoms with Crippen LogP contribution < -0.4 is 5.32 Å². The smallest absolute Gasteiger partial charge is 0.223 e. The number of carbonyl (C=O) groups excluding carboxylic acids is 1. The fourth-order valence-electron chi connectivity index (χ4n) is 5.76. The van der Waals surface area contributed by atoms with E-state index in [1.54, 1.807) is 6.20 Å². The molecule has 2 saturated carbocycles. The van der Waals surface area contributed by atoms with Crippen molar-refractivity contribution in [3.8, 4) is 0 Å². The van der Waals surface area contributed by atoms with E-state index < -0.39 is 6.10 Å². The molecule has 1 heterocycles. The van der Waals surface area contributed by atoms with Crippen LogP contribution in [0.4, 0.5) is 0 Å². The van der Waals surface area contributed by atoms with Crippen LogP contribution in [0.5, 0.6) is 0 Å². The fourth-order valence-corrected chi connectivity index (χ4v) is 5.76. The summed E-state index contributed by atoms with van der Waals surface area (Å²) >= 11 is 0. The number of hydrogen-bond donors (Lipinski definition) is 3. The highest BCUT2D eigenvalue weighted by molar-refractivity contribution is 6.03. The Balaban J connectivity index is 1.46. The number of aliphatic hydroxyl groups is 1. The van der Waals surface area contributed by atoms with Crippen LogP contribution in [-0.2, 0) is 4.79 Å². The van der Waals surface area contributed by atoms with Crippen molar-refractivity contribution < 1.29 is 9.90 Å². The van der Waals surface area contributed by atoms with Crippen LogP contribution in [0.15, 0.2) is 48.2 Å². The number of H-pyrrole nitrogens is 1. The third kappa shape index (κ3) is 4.90. The zero-order valence-corrected chi connectivity index (χ0v) is 21.0. The third-order valence-electron chi connectivity index (χ3n) is 8.31. The first-order chi connectivity index (χ1) is 16.3. The van der Waals surface area contributed by atoms with Crippen molar-refractivity contribution in [2.45, 2.75) is 78.4 Å². The van der Waals surface area contributed by atoms with Crippen molar-refractivity contribution in [2.75, 3.05) is 0 Å². The molecule has 1 amide bonds. The van der Waals surface area contributed by atoms with Gasteiger partial charge in [0.1, 0.15) is 0 Å². The van der Waals surface area contributed by atoms with E-state index in [0.29, 0.717) is 5.92 Å². The van der Waals surface area contributed by atoms with Gasteiger partial charge in [-0.3, -0.25) is 9.79 Å². The summed E-state index contributed by atoms with van der Waals surface area (Å²) in [5, 5.41) is 14.1. The third-order valence-corrected chi connectivity index (χ3v) is 8.31. The molecule has 4 atom stereocenters. The fraction of sp³-hybridized carbons (Fsp3) is 0.517. The van der Waals surface area contributed by atoms with E-state index in [-0.39, 0.29) is 23.3 Å². The summed E-state index contributed by atoms with van der Waals surface area (Å²) in [7, 11) is 0. The number of aromatic amines is 1. The number of nitrogens with zero attached hydrogens (tertiary/aromatic N) is 1. The van der Waals surface area contributed by atoms with E-state index in [0.717, 1.165) is 66.6 Å². The number of amides is 1. The van der Waals surface area contributed by atoms with Gasteiger partial charge in [-0.25, -0.2) is 0 Å². The minimum atomic E-state index is -0.722. The average Bonchev–Trinajstić information content (AvgIpc) is 3.52. The van der Waals surface area contributed by atoms with Crippen LogP contribution in [0.25, 0.3) is 0 Å². The van der Waals surface area contributed by atoms with E-state index in [9.17, 15) is 9.90 Å². The standard InChI is InChI=1S/C29H39N3O2/c1-6-30-26(24-12-16-31-20(24)4)22-9-10-25(29(13-11-22)14-15-29)28(34)32-21(5)27(33)23-8-7-18(2)19(3)17-23/h6-8,12,16-17,21-22,25,27,31,33H,1,9-11,13-15H2,2-5H3,(H,32,34)/b30-26-/t21-,22?,25+,27+/m0/s1. The molecule has 4 rings (SSSR count). The van der Waals surface area contributed by atoms with Gasteiger partial charge in [-0.2, -0.15) is 0 Å². The van der Waals surface area contributed by atoms with Gasteiger partial charge in [-0.1, -0.05) is 24.8 Å². The van der Waals surface area contributed by atoms with E-state index in [2.05, 4.69) is 41.8 Å². The molecule has 2 fully saturated rings. The molecule has 182 valence electrons. The monoisotopic (exact) mass is 461 g/mol. The van der Waals surface area contributed by atoms with E-state index in [1.807, 2.05) is 38.2 Å². The molecule has 1 spiro atoms. The molecular weight excluding hydrogens is 422 g/mol. The molecule has 0 bridgehead atoms. The first-order valence-electron chi connectivity index (χ1n) is 12.6. The summed E-state index contributed by atoms with van der Waals surface area (Å²) in [6.07, 6.45) is 8.98. The number of hydrogen-bond acceptors (Lipinski definition) is 3. The van der Waals surface area contributed by atoms with Crippen LogP contribution in [0, 0.1) is 38.0 Å². The van der Waals surface area contributed by atoms with Gasteiger partial charge in [0.25, 0.3) is 0 Å². The van der Waals surface area contributed by atoms with E-state index in [1.165, 1.54) is 5.56 Å². The normalized spacial score (nSPS) is 23.7. The average molecular weight is 462 g/mol. The molecule has 5 heteroatoms. The van der Waals surface area contributed by atoms with Gasteiger partial charge in [0, 0.05) is 35.5 Å². The molecule has 0 radical (unpaired) electrons. The molecule has 1 aromatic heterocycles. The van der Waals surface area contributed by atoms with Gasteiger partial charge in [0.2, 0.25) is 5.91 Å². The molecule has 34 heavy (non-hydrogen) atoms. The van der Waals surface area contributed by atoms with Crippen molar-refractivity contribution in [3.05, 3.63) is 71.2 Å². The Morgan fingerprint density at radius 3 is 2.56 bits per heavy atom. The molecule has 5 nitrogen and oxygen atoms in total. The first kappa shape index (κ1) is 24.5. The number of rotatable bonds is 7. The first-order valence-corrected chi connectivity index (χ1v) is 12.6. The Hall–Kier alpha value is -2.66. The zero-order valence-electron chi connectivity index (χ0n) is 21.0. The predicted octanol–water partition coefficient (Wildman–Crippen LogP) is 5.70. The summed E-state index contributed by atoms with van der Waals surface area (Å²) in [4.78, 5) is 21.4. The lowest BCUT2D eigenvalue weighted by Crippen LogP contribution is -2.43. The molecule has 3 N–H and O–H groups in total. The van der Waals surface area contributed by atoms with Crippen LogP contribution >= 0.6 is 0 Å². The Morgan fingerprint density at radius 1 is 1.18 bits per heavy atom. The topological polar surface area (TPSA) is 77.5 Å². The number of aryl methyl sites for hydroxylation is 3. The zero-order chi connectivity index (χ0) is 24.5. The Morgan fingerprint density at radius 2 is 1.94 bits per heavy atom. The maximum atomic E-state index is 13.5. The predicted molar refractivity (Wildman–Crippen MR) is 138 cm³/mol. The van der Waals surface area contributed by atoms with Crippen LogP contribution in [0.2, 0.25) is 0 Å². The molecule has 2 aromatic rings. The second-order valence-electron chi connectivity index (χ2n) is 10.5. The second kappa shape index (κ2) is 9.91. The highest BCUT2D eigenvalue weighted by Gasteiger charge is 2.53. The molecule has 0 saturated heterocycles. The molecule has 1 unspecified atom stereocenters. The van der Waals surface area contributed by atoms with Gasteiger partial charge in [0.15, 0.2) is 0 Å². The van der Waals surface area contributed by atoms with Gasteiger partial charge in [-0.05, 0) is 94.4 Å². The summed E-state index contributed by atoms with van der Waals surface area (Å²) < 4.78 is 0. The molecule has 2 aliphatic rings.